The second kappa shape index (κ2) is 8.12. The number of amides is 2. The van der Waals surface area contributed by atoms with Gasteiger partial charge >= 0.3 is 6.03 Å². The van der Waals surface area contributed by atoms with Crippen LogP contribution in [-0.2, 0) is 11.2 Å². The van der Waals surface area contributed by atoms with Crippen molar-refractivity contribution in [2.45, 2.75) is 12.8 Å². The van der Waals surface area contributed by atoms with E-state index in [-0.39, 0.29) is 29.4 Å². The summed E-state index contributed by atoms with van der Waals surface area (Å²) in [5.74, 6) is 0.945. The average molecular weight is 382 g/mol. The van der Waals surface area contributed by atoms with Crippen LogP contribution >= 0.6 is 0 Å². The van der Waals surface area contributed by atoms with E-state index in [1.54, 1.807) is 19.2 Å². The maximum atomic E-state index is 12.7. The molecule has 0 saturated carbocycles. The molecule has 0 spiro atoms. The number of carbonyl (C=O) groups is 2. The highest BCUT2D eigenvalue weighted by Crippen LogP contribution is 2.40. The predicted molar refractivity (Wildman–Crippen MR) is 100 cm³/mol. The van der Waals surface area contributed by atoms with Crippen LogP contribution in [0.5, 0.6) is 5.75 Å². The van der Waals surface area contributed by atoms with Crippen LogP contribution in [0.15, 0.2) is 24.4 Å². The summed E-state index contributed by atoms with van der Waals surface area (Å²) in [5.41, 5.74) is 7.08. The third kappa shape index (κ3) is 3.31. The van der Waals surface area contributed by atoms with Gasteiger partial charge in [-0.2, -0.15) is 10.2 Å². The molecule has 1 aliphatic heterocycles. The lowest BCUT2D eigenvalue weighted by atomic mass is 10.0. The van der Waals surface area contributed by atoms with Crippen LogP contribution in [0.2, 0.25) is 0 Å². The number of hydrogen-bond acceptors (Lipinski definition) is 7. The third-order valence-electron chi connectivity index (χ3n) is 4.68. The quantitative estimate of drug-likeness (QED) is 0.458. The molecule has 2 aromatic heterocycles. The fraction of sp³-hybridized carbons (Fsp3) is 0.316. The maximum absolute atomic E-state index is 12.7. The van der Waals surface area contributed by atoms with Gasteiger partial charge in [0.15, 0.2) is 6.29 Å². The second-order valence-corrected chi connectivity index (χ2v) is 6.30. The van der Waals surface area contributed by atoms with E-state index in [1.165, 1.54) is 12.3 Å². The van der Waals surface area contributed by atoms with Crippen LogP contribution in [0, 0.1) is 11.3 Å². The number of quaternary nitrogens is 1. The van der Waals surface area contributed by atoms with Crippen LogP contribution in [0.25, 0.3) is 0 Å². The Hall–Kier alpha value is -3.35. The highest BCUT2D eigenvalue weighted by atomic mass is 16.5. The summed E-state index contributed by atoms with van der Waals surface area (Å²) in [6.45, 7) is 0.912. The number of primary amides is 1. The van der Waals surface area contributed by atoms with Gasteiger partial charge in [0.05, 0.1) is 18.9 Å². The highest BCUT2D eigenvalue weighted by molar-refractivity contribution is 5.92. The van der Waals surface area contributed by atoms with Crippen LogP contribution < -0.4 is 15.0 Å². The minimum atomic E-state index is -0.670. The Morgan fingerprint density at radius 3 is 2.93 bits per heavy atom. The molecule has 0 saturated heterocycles. The van der Waals surface area contributed by atoms with E-state index in [0.29, 0.717) is 38.1 Å². The highest BCUT2D eigenvalue weighted by Gasteiger charge is 2.47. The van der Waals surface area contributed by atoms with E-state index in [0.717, 1.165) is 5.56 Å². The zero-order valence-corrected chi connectivity index (χ0v) is 15.4. The molecular weight excluding hydrogens is 362 g/mol. The Labute approximate surface area is 161 Å². The molecule has 144 valence electrons. The average Bonchev–Trinajstić information content (AvgIpc) is 2.72. The number of methoxy groups -OCH3 is 1. The van der Waals surface area contributed by atoms with Crippen molar-refractivity contribution in [1.82, 2.24) is 14.5 Å². The number of aldehydes is 1. The van der Waals surface area contributed by atoms with Crippen molar-refractivity contribution in [3.63, 3.8) is 0 Å². The van der Waals surface area contributed by atoms with Crippen molar-refractivity contribution in [1.29, 1.82) is 5.26 Å². The molecule has 1 aliphatic rings. The fourth-order valence-corrected chi connectivity index (χ4v) is 3.32. The van der Waals surface area contributed by atoms with Gasteiger partial charge in [0.2, 0.25) is 11.6 Å². The van der Waals surface area contributed by atoms with E-state index >= 15 is 0 Å². The number of hydrogen-bond donors (Lipinski definition) is 1. The molecule has 0 radical (unpaired) electrons. The Kier molecular flexibility index (Phi) is 5.63. The molecule has 9 nitrogen and oxygen atoms in total. The summed E-state index contributed by atoms with van der Waals surface area (Å²) in [6.07, 6.45) is 3.36. The first-order valence-electron chi connectivity index (χ1n) is 8.73. The standard InChI is InChI=1S/C19H19N5O4/c1-27-7-8-28-16-9-17(22-11-14(16)10-20)24(19(21)26)6-2-3-13-4-5-15(12-25)23-18(13)24/h4-5,9,11-12H,2-3,6-8H2,1H3,(H-,21,26)/p+1. The van der Waals surface area contributed by atoms with E-state index in [1.807, 2.05) is 6.07 Å². The number of ether oxygens (including phenoxy) is 2. The normalized spacial score (nSPS) is 18.0. The molecule has 28 heavy (non-hydrogen) atoms. The first kappa shape index (κ1) is 19.4. The topological polar surface area (TPSA) is 128 Å². The van der Waals surface area contributed by atoms with Gasteiger partial charge < -0.3 is 15.2 Å². The van der Waals surface area contributed by atoms with Gasteiger partial charge in [0.1, 0.15) is 36.2 Å². The van der Waals surface area contributed by atoms with Crippen molar-refractivity contribution in [3.8, 4) is 11.8 Å². The number of nitrogens with zero attached hydrogens (tertiary/aromatic N) is 4. The molecule has 3 rings (SSSR count). The van der Waals surface area contributed by atoms with Crippen molar-refractivity contribution in [2.24, 2.45) is 5.73 Å². The van der Waals surface area contributed by atoms with Crippen LogP contribution in [-0.4, -0.2) is 49.2 Å². The summed E-state index contributed by atoms with van der Waals surface area (Å²) >= 11 is 0. The van der Waals surface area contributed by atoms with Gasteiger partial charge in [-0.25, -0.2) is 9.78 Å². The minimum absolute atomic E-state index is 0.203. The smallest absolute Gasteiger partial charge is 0.426 e. The van der Waals surface area contributed by atoms with E-state index in [2.05, 4.69) is 9.97 Å². The van der Waals surface area contributed by atoms with Crippen molar-refractivity contribution < 1.29 is 19.1 Å². The minimum Gasteiger partial charge on any atom is -0.489 e. The number of aryl methyl sites for hydroxylation is 1. The molecule has 3 heterocycles. The molecule has 9 heteroatoms. The summed E-state index contributed by atoms with van der Waals surface area (Å²) in [6, 6.07) is 6.27. The Morgan fingerprint density at radius 1 is 1.43 bits per heavy atom. The van der Waals surface area contributed by atoms with Gasteiger partial charge in [-0.05, 0) is 18.6 Å². The van der Waals surface area contributed by atoms with Gasteiger partial charge in [-0.1, -0.05) is 0 Å². The number of rotatable bonds is 6. The summed E-state index contributed by atoms with van der Waals surface area (Å²) < 4.78 is 10.2. The molecular formula is C19H20N5O4+. The number of pyridine rings is 2. The first-order valence-corrected chi connectivity index (χ1v) is 8.73. The Balaban J connectivity index is 2.17. The van der Waals surface area contributed by atoms with E-state index in [4.69, 9.17) is 15.2 Å². The second-order valence-electron chi connectivity index (χ2n) is 6.30. The molecule has 1 unspecified atom stereocenters. The van der Waals surface area contributed by atoms with E-state index in [9.17, 15) is 14.9 Å². The maximum Gasteiger partial charge on any atom is 0.426 e. The van der Waals surface area contributed by atoms with Crippen LogP contribution in [0.1, 0.15) is 28.0 Å². The van der Waals surface area contributed by atoms with Crippen molar-refractivity contribution in [2.75, 3.05) is 26.9 Å². The number of fused-ring (bicyclic) bond motifs is 1. The fourth-order valence-electron chi connectivity index (χ4n) is 3.32. The zero-order valence-electron chi connectivity index (χ0n) is 15.4. The first-order chi connectivity index (χ1) is 13.6. The molecule has 0 bridgehead atoms. The van der Waals surface area contributed by atoms with E-state index < -0.39 is 10.5 Å². The molecule has 2 aromatic rings. The largest absolute Gasteiger partial charge is 0.489 e. The Morgan fingerprint density at radius 2 is 2.25 bits per heavy atom. The summed E-state index contributed by atoms with van der Waals surface area (Å²) in [5, 5.41) is 9.33. The lowest BCUT2D eigenvalue weighted by Crippen LogP contribution is -2.56. The number of carbonyl (C=O) groups excluding carboxylic acids is 2. The van der Waals surface area contributed by atoms with Gasteiger partial charge in [0, 0.05) is 19.1 Å². The molecule has 2 N–H and O–H groups in total. The molecule has 0 aromatic carbocycles. The van der Waals surface area contributed by atoms with Crippen LogP contribution in [0.4, 0.5) is 16.4 Å². The van der Waals surface area contributed by atoms with Crippen molar-refractivity contribution in [3.05, 3.63) is 41.2 Å². The third-order valence-corrected chi connectivity index (χ3v) is 4.68. The van der Waals surface area contributed by atoms with Crippen LogP contribution in [0.3, 0.4) is 0 Å². The predicted octanol–water partition coefficient (Wildman–Crippen LogP) is 1.85. The monoisotopic (exact) mass is 382 g/mol. The van der Waals surface area contributed by atoms with Gasteiger partial charge in [-0.15, -0.1) is 4.48 Å². The Bertz CT molecular complexity index is 956. The number of nitrogens with two attached hydrogens (primary N) is 1. The lowest BCUT2D eigenvalue weighted by molar-refractivity contribution is 0.111. The zero-order chi connectivity index (χ0) is 20.1. The van der Waals surface area contributed by atoms with Crippen molar-refractivity contribution >= 4 is 24.0 Å². The molecule has 0 fully saturated rings. The molecule has 0 aliphatic carbocycles. The summed E-state index contributed by atoms with van der Waals surface area (Å²) in [7, 11) is 1.54. The number of aromatic nitrogens is 2. The SMILES string of the molecule is COCCOc1cc([N+]2(C(N)=O)CCCc3ccc(C=O)nc32)ncc1C#N. The molecule has 2 amide bonds. The molecule has 1 atom stereocenters. The number of nitriles is 1. The van der Waals surface area contributed by atoms with Gasteiger partial charge in [0.25, 0.3) is 0 Å². The lowest BCUT2D eigenvalue weighted by Gasteiger charge is -2.35. The summed E-state index contributed by atoms with van der Waals surface area (Å²) in [4.78, 5) is 32.6. The number of urea groups is 1. The van der Waals surface area contributed by atoms with Gasteiger partial charge in [-0.3, -0.25) is 4.79 Å².